The van der Waals surface area contributed by atoms with E-state index in [4.69, 9.17) is 14.2 Å². The van der Waals surface area contributed by atoms with Gasteiger partial charge in [0.05, 0.1) is 30.2 Å². The number of hydrogen-bond donors (Lipinski definition) is 2. The van der Waals surface area contributed by atoms with Gasteiger partial charge in [-0.1, -0.05) is 0 Å². The first-order valence-electron chi connectivity index (χ1n) is 12.2. The first kappa shape index (κ1) is 25.3. The largest absolute Gasteiger partial charge is 0.491 e. The van der Waals surface area contributed by atoms with Gasteiger partial charge in [0, 0.05) is 37.5 Å². The van der Waals surface area contributed by atoms with Crippen LogP contribution in [0.25, 0.3) is 0 Å². The van der Waals surface area contributed by atoms with Crippen LogP contribution in [0.1, 0.15) is 36.0 Å². The van der Waals surface area contributed by atoms with Gasteiger partial charge in [-0.3, -0.25) is 9.59 Å². The van der Waals surface area contributed by atoms with E-state index >= 15 is 0 Å². The molecule has 2 bridgehead atoms. The Labute approximate surface area is 214 Å². The van der Waals surface area contributed by atoms with Crippen molar-refractivity contribution in [2.45, 2.75) is 42.7 Å². The van der Waals surface area contributed by atoms with Crippen LogP contribution >= 0.6 is 0 Å². The minimum Gasteiger partial charge on any atom is -0.491 e. The van der Waals surface area contributed by atoms with Gasteiger partial charge < -0.3 is 24.8 Å². The highest BCUT2D eigenvalue weighted by molar-refractivity contribution is 7.89. The van der Waals surface area contributed by atoms with Crippen LogP contribution in [0.15, 0.2) is 41.3 Å². The summed E-state index contributed by atoms with van der Waals surface area (Å²) in [5.41, 5.74) is -0.00441. The number of halogens is 1. The zero-order valence-corrected chi connectivity index (χ0v) is 20.9. The van der Waals surface area contributed by atoms with Gasteiger partial charge in [-0.05, 0) is 43.2 Å². The summed E-state index contributed by atoms with van der Waals surface area (Å²) in [4.78, 5) is 25.6. The van der Waals surface area contributed by atoms with Gasteiger partial charge in [0.2, 0.25) is 15.9 Å². The molecule has 2 aromatic rings. The Balaban J connectivity index is 1.47. The van der Waals surface area contributed by atoms with E-state index in [1.807, 2.05) is 0 Å². The highest BCUT2D eigenvalue weighted by atomic mass is 32.2. The smallest absolute Gasteiger partial charge is 0.255 e. The molecular weight excluding hydrogens is 505 g/mol. The van der Waals surface area contributed by atoms with Crippen LogP contribution in [-0.2, 0) is 14.8 Å². The molecule has 0 unspecified atom stereocenters. The van der Waals surface area contributed by atoms with Crippen molar-refractivity contribution in [3.8, 4) is 17.2 Å². The Kier molecular flexibility index (Phi) is 7.20. The molecule has 10 nitrogen and oxygen atoms in total. The van der Waals surface area contributed by atoms with Crippen LogP contribution in [0.3, 0.4) is 0 Å². The molecule has 2 amide bonds. The summed E-state index contributed by atoms with van der Waals surface area (Å²) < 4.78 is 59.9. The Bertz CT molecular complexity index is 1300. The second kappa shape index (κ2) is 10.5. The van der Waals surface area contributed by atoms with Crippen molar-refractivity contribution in [2.75, 3.05) is 32.9 Å². The number of ether oxygens (including phenoxy) is 3. The average Bonchev–Trinajstić information content (AvgIpc) is 3.12. The number of benzene rings is 2. The van der Waals surface area contributed by atoms with Gasteiger partial charge in [0.25, 0.3) is 5.91 Å². The molecule has 3 aliphatic heterocycles. The number of hydrogen-bond acceptors (Lipinski definition) is 7. The number of amides is 2. The fraction of sp³-hybridized carbons (Fsp3) is 0.440. The molecule has 2 atom stereocenters. The number of nitrogens with zero attached hydrogens (tertiary/aromatic N) is 1. The van der Waals surface area contributed by atoms with E-state index < -0.39 is 33.8 Å². The van der Waals surface area contributed by atoms with Crippen molar-refractivity contribution < 1.29 is 36.6 Å². The molecule has 1 saturated heterocycles. The lowest BCUT2D eigenvalue weighted by atomic mass is 10.1. The minimum absolute atomic E-state index is 0.00441. The Morgan fingerprint density at radius 1 is 0.865 bits per heavy atom. The third-order valence-corrected chi connectivity index (χ3v) is 8.64. The van der Waals surface area contributed by atoms with Crippen molar-refractivity contribution in [3.05, 3.63) is 47.8 Å². The van der Waals surface area contributed by atoms with E-state index in [0.29, 0.717) is 44.0 Å². The first-order valence-corrected chi connectivity index (χ1v) is 13.7. The number of sulfonamides is 1. The van der Waals surface area contributed by atoms with E-state index in [1.165, 1.54) is 28.6 Å². The second-order valence-electron chi connectivity index (χ2n) is 9.13. The van der Waals surface area contributed by atoms with E-state index in [9.17, 15) is 22.4 Å². The standard InChI is InChI=1S/C25H28FN3O7S/c26-16-2-6-21-20(12-16)25(31)28-15-18-4-3-17(13-24(30)27-8-11-36-21)29(18)37(32,33)19-5-7-22-23(14-19)35-10-1-9-34-22/h2,5-7,12,14,17-18H,1,3-4,8-11,13,15H2,(H,27,30)(H,28,31)/t17-,18+/m0/s1. The Morgan fingerprint density at radius 3 is 2.43 bits per heavy atom. The van der Waals surface area contributed by atoms with E-state index in [0.717, 1.165) is 6.07 Å². The molecule has 0 saturated carbocycles. The highest BCUT2D eigenvalue weighted by Gasteiger charge is 2.43. The van der Waals surface area contributed by atoms with Crippen LogP contribution in [0, 0.1) is 5.82 Å². The van der Waals surface area contributed by atoms with Gasteiger partial charge >= 0.3 is 0 Å². The predicted octanol–water partition coefficient (Wildman–Crippen LogP) is 1.84. The maximum absolute atomic E-state index is 13.9. The topological polar surface area (TPSA) is 123 Å². The molecule has 1 fully saturated rings. The average molecular weight is 534 g/mol. The molecule has 37 heavy (non-hydrogen) atoms. The van der Waals surface area contributed by atoms with E-state index in [2.05, 4.69) is 10.6 Å². The number of rotatable bonds is 2. The fourth-order valence-corrected chi connectivity index (χ4v) is 6.77. The van der Waals surface area contributed by atoms with Crippen molar-refractivity contribution in [3.63, 3.8) is 0 Å². The Hall–Kier alpha value is -3.38. The third kappa shape index (κ3) is 5.35. The van der Waals surface area contributed by atoms with E-state index in [-0.39, 0.29) is 48.2 Å². The molecular formula is C25H28FN3O7S. The number of carbonyl (C=O) groups excluding carboxylic acids is 2. The maximum Gasteiger partial charge on any atom is 0.255 e. The van der Waals surface area contributed by atoms with Crippen LogP contribution in [0.5, 0.6) is 17.2 Å². The zero-order valence-electron chi connectivity index (χ0n) is 20.1. The van der Waals surface area contributed by atoms with Crippen molar-refractivity contribution in [1.29, 1.82) is 0 Å². The summed E-state index contributed by atoms with van der Waals surface area (Å²) in [6, 6.07) is 6.86. The van der Waals surface area contributed by atoms with Gasteiger partial charge in [0.15, 0.2) is 11.5 Å². The number of carbonyl (C=O) groups is 2. The monoisotopic (exact) mass is 533 g/mol. The molecule has 2 aromatic carbocycles. The third-order valence-electron chi connectivity index (χ3n) is 6.63. The van der Waals surface area contributed by atoms with Gasteiger partial charge in [0.1, 0.15) is 18.2 Å². The fourth-order valence-electron chi connectivity index (χ4n) is 4.89. The molecule has 2 N–H and O–H groups in total. The lowest BCUT2D eigenvalue weighted by Crippen LogP contribution is -2.48. The lowest BCUT2D eigenvalue weighted by molar-refractivity contribution is -0.121. The molecule has 0 aromatic heterocycles. The second-order valence-corrected chi connectivity index (χ2v) is 11.0. The predicted molar refractivity (Wildman–Crippen MR) is 130 cm³/mol. The number of nitrogens with one attached hydrogen (secondary N) is 2. The van der Waals surface area contributed by atoms with Crippen LogP contribution in [0.2, 0.25) is 0 Å². The number of fused-ring (bicyclic) bond motifs is 4. The molecule has 5 rings (SSSR count). The minimum atomic E-state index is -4.07. The summed E-state index contributed by atoms with van der Waals surface area (Å²) in [7, 11) is -4.07. The van der Waals surface area contributed by atoms with Crippen molar-refractivity contribution in [1.82, 2.24) is 14.9 Å². The molecule has 3 heterocycles. The molecule has 3 aliphatic rings. The highest BCUT2D eigenvalue weighted by Crippen LogP contribution is 2.37. The van der Waals surface area contributed by atoms with Gasteiger partial charge in [-0.15, -0.1) is 0 Å². The SMILES string of the molecule is O=C1C[C@@H]2CC[C@H](CNC(=O)c3cc(F)ccc3OCCN1)N2S(=O)(=O)c1ccc2c(c1)OCCCO2. The summed E-state index contributed by atoms with van der Waals surface area (Å²) in [5.74, 6) is -0.504. The molecule has 0 aliphatic carbocycles. The van der Waals surface area contributed by atoms with Crippen molar-refractivity contribution >= 4 is 21.8 Å². The normalized spacial score (nSPS) is 23.1. The zero-order chi connectivity index (χ0) is 26.0. The molecule has 0 spiro atoms. The molecule has 198 valence electrons. The summed E-state index contributed by atoms with van der Waals surface area (Å²) >= 11 is 0. The molecule has 12 heteroatoms. The van der Waals surface area contributed by atoms with Crippen LogP contribution in [0.4, 0.5) is 4.39 Å². The van der Waals surface area contributed by atoms with Gasteiger partial charge in [-0.2, -0.15) is 4.31 Å². The summed E-state index contributed by atoms with van der Waals surface area (Å²) in [6.07, 6.45) is 1.53. The quantitative estimate of drug-likeness (QED) is 0.604. The molecule has 0 radical (unpaired) electrons. The summed E-state index contributed by atoms with van der Waals surface area (Å²) in [6.45, 7) is 1.06. The van der Waals surface area contributed by atoms with Crippen LogP contribution in [-0.4, -0.2) is 69.5 Å². The van der Waals surface area contributed by atoms with E-state index in [1.54, 1.807) is 6.07 Å². The van der Waals surface area contributed by atoms with Crippen molar-refractivity contribution in [2.24, 2.45) is 0 Å². The Morgan fingerprint density at radius 2 is 1.59 bits per heavy atom. The lowest BCUT2D eigenvalue weighted by Gasteiger charge is -2.30. The summed E-state index contributed by atoms with van der Waals surface area (Å²) in [5, 5.41) is 5.47. The van der Waals surface area contributed by atoms with Gasteiger partial charge in [-0.25, -0.2) is 12.8 Å². The van der Waals surface area contributed by atoms with Crippen LogP contribution < -0.4 is 24.8 Å². The first-order chi connectivity index (χ1) is 17.8. The maximum atomic E-state index is 13.9.